The molecule has 1 heterocycles. The Morgan fingerprint density at radius 3 is 2.78 bits per heavy atom. The van der Waals surface area contributed by atoms with Crippen LogP contribution in [0.25, 0.3) is 0 Å². The van der Waals surface area contributed by atoms with Crippen LogP contribution in [0.4, 0.5) is 4.79 Å². The third-order valence-corrected chi connectivity index (χ3v) is 3.56. The minimum absolute atomic E-state index is 0.0865. The van der Waals surface area contributed by atoms with Crippen LogP contribution < -0.4 is 0 Å². The second-order valence-corrected chi connectivity index (χ2v) is 5.49. The van der Waals surface area contributed by atoms with Gasteiger partial charge in [-0.15, -0.1) is 6.58 Å². The second-order valence-electron chi connectivity index (χ2n) is 5.49. The van der Waals surface area contributed by atoms with E-state index in [9.17, 15) is 14.7 Å². The van der Waals surface area contributed by atoms with Crippen molar-refractivity contribution in [1.82, 2.24) is 9.80 Å². The molecule has 1 atom stereocenters. The summed E-state index contributed by atoms with van der Waals surface area (Å²) in [6.45, 7) is 4.38. The Balaban J connectivity index is 1.98. The molecule has 1 aliphatic rings. The molecule has 23 heavy (non-hydrogen) atoms. The number of rotatable bonds is 5. The van der Waals surface area contributed by atoms with Crippen molar-refractivity contribution >= 4 is 12.0 Å². The largest absolute Gasteiger partial charge is 0.449 e. The Kier molecular flexibility index (Phi) is 6.17. The minimum Gasteiger partial charge on any atom is -0.449 e. The van der Waals surface area contributed by atoms with Crippen LogP contribution in [0.5, 0.6) is 0 Å². The number of nitrogens with zero attached hydrogens (tertiary/aromatic N) is 2. The van der Waals surface area contributed by atoms with Crippen molar-refractivity contribution in [1.29, 1.82) is 0 Å². The molecule has 1 saturated heterocycles. The van der Waals surface area contributed by atoms with Crippen LogP contribution in [0.15, 0.2) is 43.0 Å². The summed E-state index contributed by atoms with van der Waals surface area (Å²) in [5.41, 5.74) is 0.982. The Bertz CT molecular complexity index is 547. The van der Waals surface area contributed by atoms with Gasteiger partial charge in [-0.3, -0.25) is 9.69 Å². The number of aliphatic hydroxyl groups excluding tert-OH is 1. The molecule has 0 aliphatic carbocycles. The van der Waals surface area contributed by atoms with E-state index in [1.54, 1.807) is 11.0 Å². The number of hydrogen-bond acceptors (Lipinski definition) is 4. The zero-order chi connectivity index (χ0) is 16.7. The van der Waals surface area contributed by atoms with E-state index in [1.807, 2.05) is 30.3 Å². The van der Waals surface area contributed by atoms with Crippen molar-refractivity contribution in [3.05, 3.63) is 48.6 Å². The number of aliphatic hydroxyl groups is 1. The molecule has 0 saturated carbocycles. The van der Waals surface area contributed by atoms with E-state index in [-0.39, 0.29) is 32.1 Å². The maximum Gasteiger partial charge on any atom is 0.410 e. The van der Waals surface area contributed by atoms with E-state index >= 15 is 0 Å². The lowest BCUT2D eigenvalue weighted by atomic mass is 10.2. The molecule has 2 amide bonds. The SMILES string of the molecule is C=CCCOC(=O)N1CC(=O)N(Cc2ccccc2)CC(O)C1. The molecule has 1 aliphatic heterocycles. The number of carbonyl (C=O) groups excluding carboxylic acids is 2. The van der Waals surface area contributed by atoms with Gasteiger partial charge in [0.2, 0.25) is 5.91 Å². The number of hydrogen-bond donors (Lipinski definition) is 1. The maximum atomic E-state index is 12.4. The summed E-state index contributed by atoms with van der Waals surface area (Å²) >= 11 is 0. The first kappa shape index (κ1) is 17.0. The van der Waals surface area contributed by atoms with Gasteiger partial charge >= 0.3 is 6.09 Å². The fraction of sp³-hybridized carbons (Fsp3) is 0.412. The standard InChI is InChI=1S/C17H22N2O4/c1-2-3-9-23-17(22)19-12-15(20)11-18(16(21)13-19)10-14-7-5-4-6-8-14/h2,4-8,15,20H,1,3,9-13H2. The number of ether oxygens (including phenoxy) is 1. The average molecular weight is 318 g/mol. The zero-order valence-electron chi connectivity index (χ0n) is 13.1. The molecule has 1 N–H and O–H groups in total. The van der Waals surface area contributed by atoms with Gasteiger partial charge in [0, 0.05) is 13.1 Å². The van der Waals surface area contributed by atoms with Crippen molar-refractivity contribution in [2.24, 2.45) is 0 Å². The highest BCUT2D eigenvalue weighted by atomic mass is 16.6. The van der Waals surface area contributed by atoms with Crippen molar-refractivity contribution in [3.63, 3.8) is 0 Å². The van der Waals surface area contributed by atoms with E-state index in [4.69, 9.17) is 4.74 Å². The quantitative estimate of drug-likeness (QED) is 0.658. The van der Waals surface area contributed by atoms with Gasteiger partial charge < -0.3 is 14.7 Å². The number of carbonyl (C=O) groups is 2. The van der Waals surface area contributed by atoms with Crippen LogP contribution >= 0.6 is 0 Å². The lowest BCUT2D eigenvalue weighted by Gasteiger charge is -2.21. The van der Waals surface area contributed by atoms with E-state index in [2.05, 4.69) is 6.58 Å². The Labute approximate surface area is 136 Å². The van der Waals surface area contributed by atoms with Crippen molar-refractivity contribution in [3.8, 4) is 0 Å². The molecule has 0 bridgehead atoms. The fourth-order valence-electron chi connectivity index (χ4n) is 2.41. The first-order chi connectivity index (χ1) is 11.1. The van der Waals surface area contributed by atoms with Crippen molar-refractivity contribution in [2.75, 3.05) is 26.2 Å². The first-order valence-corrected chi connectivity index (χ1v) is 7.62. The molecule has 1 aromatic carbocycles. The average Bonchev–Trinajstić information content (AvgIpc) is 2.67. The van der Waals surface area contributed by atoms with E-state index < -0.39 is 12.2 Å². The molecule has 124 valence electrons. The van der Waals surface area contributed by atoms with E-state index in [0.717, 1.165) is 5.56 Å². The number of amides is 2. The fourth-order valence-corrected chi connectivity index (χ4v) is 2.41. The van der Waals surface area contributed by atoms with Crippen LogP contribution in [-0.2, 0) is 16.1 Å². The molecular formula is C17H22N2O4. The van der Waals surface area contributed by atoms with Gasteiger partial charge in [-0.1, -0.05) is 36.4 Å². The predicted octanol–water partition coefficient (Wildman–Crippen LogP) is 1.40. The third kappa shape index (κ3) is 5.10. The maximum absolute atomic E-state index is 12.4. The van der Waals surface area contributed by atoms with Crippen molar-refractivity contribution < 1.29 is 19.4 Å². The third-order valence-electron chi connectivity index (χ3n) is 3.56. The number of β-amino-alcohol motifs (C(OH)–C–C–N with tert-alkyl or cyclic N) is 1. The second kappa shape index (κ2) is 8.33. The molecule has 0 spiro atoms. The molecular weight excluding hydrogens is 296 g/mol. The predicted molar refractivity (Wildman–Crippen MR) is 85.6 cm³/mol. The highest BCUT2D eigenvalue weighted by Gasteiger charge is 2.30. The molecule has 1 unspecified atom stereocenters. The smallest absolute Gasteiger partial charge is 0.410 e. The lowest BCUT2D eigenvalue weighted by Crippen LogP contribution is -2.39. The highest BCUT2D eigenvalue weighted by molar-refractivity contribution is 5.83. The van der Waals surface area contributed by atoms with Gasteiger partial charge in [0.05, 0.1) is 19.3 Å². The summed E-state index contributed by atoms with van der Waals surface area (Å²) < 4.78 is 5.06. The molecule has 0 radical (unpaired) electrons. The lowest BCUT2D eigenvalue weighted by molar-refractivity contribution is -0.132. The topological polar surface area (TPSA) is 70.1 Å². The van der Waals surface area contributed by atoms with Gasteiger partial charge in [0.15, 0.2) is 0 Å². The summed E-state index contributed by atoms with van der Waals surface area (Å²) in [6, 6.07) is 9.55. The zero-order valence-corrected chi connectivity index (χ0v) is 13.1. The number of benzene rings is 1. The van der Waals surface area contributed by atoms with Gasteiger partial charge in [0.1, 0.15) is 6.54 Å². The van der Waals surface area contributed by atoms with Crippen LogP contribution in [-0.4, -0.2) is 59.3 Å². The van der Waals surface area contributed by atoms with Crippen LogP contribution in [0.1, 0.15) is 12.0 Å². The summed E-state index contributed by atoms with van der Waals surface area (Å²) in [5, 5.41) is 10.1. The first-order valence-electron chi connectivity index (χ1n) is 7.62. The Morgan fingerprint density at radius 1 is 1.35 bits per heavy atom. The Hall–Kier alpha value is -2.34. The van der Waals surface area contributed by atoms with Gasteiger partial charge in [-0.25, -0.2) is 4.79 Å². The van der Waals surface area contributed by atoms with Crippen molar-refractivity contribution in [2.45, 2.75) is 19.1 Å². The summed E-state index contributed by atoms with van der Waals surface area (Å²) in [7, 11) is 0. The minimum atomic E-state index is -0.794. The van der Waals surface area contributed by atoms with Gasteiger partial charge in [0.25, 0.3) is 0 Å². The molecule has 1 aromatic rings. The van der Waals surface area contributed by atoms with E-state index in [0.29, 0.717) is 13.0 Å². The van der Waals surface area contributed by atoms with Crippen LogP contribution in [0.3, 0.4) is 0 Å². The molecule has 6 nitrogen and oxygen atoms in total. The molecule has 2 rings (SSSR count). The highest BCUT2D eigenvalue weighted by Crippen LogP contribution is 2.11. The van der Waals surface area contributed by atoms with E-state index in [1.165, 1.54) is 4.90 Å². The summed E-state index contributed by atoms with van der Waals surface area (Å²) in [4.78, 5) is 27.1. The summed E-state index contributed by atoms with van der Waals surface area (Å²) in [6.07, 6.45) is 0.825. The van der Waals surface area contributed by atoms with Gasteiger partial charge in [-0.2, -0.15) is 0 Å². The van der Waals surface area contributed by atoms with Crippen LogP contribution in [0.2, 0.25) is 0 Å². The molecule has 6 heteroatoms. The Morgan fingerprint density at radius 2 is 2.09 bits per heavy atom. The monoisotopic (exact) mass is 318 g/mol. The normalized spacial score (nSPS) is 18.5. The van der Waals surface area contributed by atoms with Crippen LogP contribution in [0, 0.1) is 0 Å². The summed E-state index contributed by atoms with van der Waals surface area (Å²) in [5.74, 6) is -0.203. The van der Waals surface area contributed by atoms with Gasteiger partial charge in [-0.05, 0) is 12.0 Å². The molecule has 0 aromatic heterocycles. The molecule has 1 fully saturated rings.